The molecule has 0 fully saturated rings. The number of nitriles is 2. The predicted octanol–water partition coefficient (Wildman–Crippen LogP) is 1.71. The van der Waals surface area contributed by atoms with Gasteiger partial charge in [0.2, 0.25) is 11.1 Å². The van der Waals surface area contributed by atoms with Crippen LogP contribution in [0.25, 0.3) is 0 Å². The first-order valence-corrected chi connectivity index (χ1v) is 7.85. The van der Waals surface area contributed by atoms with Gasteiger partial charge >= 0.3 is 11.9 Å². The van der Waals surface area contributed by atoms with E-state index in [1.54, 1.807) is 12.1 Å². The van der Waals surface area contributed by atoms with Crippen molar-refractivity contribution in [3.05, 3.63) is 10.4 Å². The lowest BCUT2D eigenvalue weighted by atomic mass is 9.96. The second-order valence-electron chi connectivity index (χ2n) is 7.03. The van der Waals surface area contributed by atoms with E-state index in [0.29, 0.717) is 0 Å². The molecule has 0 bridgehead atoms. The van der Waals surface area contributed by atoms with Gasteiger partial charge in [-0.2, -0.15) is 10.5 Å². The molecule has 0 aliphatic carbocycles. The Labute approximate surface area is 152 Å². The third kappa shape index (κ3) is 6.93. The van der Waals surface area contributed by atoms with Crippen molar-refractivity contribution in [2.75, 3.05) is 0 Å². The van der Waals surface area contributed by atoms with E-state index in [2.05, 4.69) is 0 Å². The van der Waals surface area contributed by atoms with Crippen LogP contribution < -0.4 is 0 Å². The highest BCUT2D eigenvalue weighted by Gasteiger charge is 2.44. The van der Waals surface area contributed by atoms with E-state index < -0.39 is 35.2 Å². The monoisotopic (exact) mass is 368 g/mol. The topological polar surface area (TPSA) is 152 Å². The Morgan fingerprint density at radius 1 is 0.885 bits per heavy atom. The molecule has 0 saturated heterocycles. The molecule has 0 spiro atoms. The molecule has 10 heteroatoms. The van der Waals surface area contributed by atoms with Crippen molar-refractivity contribution in [1.82, 2.24) is 0 Å². The van der Waals surface area contributed by atoms with Crippen LogP contribution in [0.15, 0.2) is 0 Å². The highest BCUT2D eigenvalue weighted by molar-refractivity contribution is 5.66. The number of azo groups is 1. The van der Waals surface area contributed by atoms with E-state index in [4.69, 9.17) is 20.0 Å². The standard InChI is InChI=1S/C16H24N4O6/c1-11(21)25-13(9-17)7-15(3,4)19(23)20(24)16(5,6)8-14(10-18)26-12(2)22/h13-14H,7-8H2,1-6H3/b20-19+. The van der Waals surface area contributed by atoms with E-state index in [-0.39, 0.29) is 22.6 Å². The van der Waals surface area contributed by atoms with E-state index in [0.717, 1.165) is 13.8 Å². The van der Waals surface area contributed by atoms with Crippen LogP contribution in [0.4, 0.5) is 0 Å². The summed E-state index contributed by atoms with van der Waals surface area (Å²) in [5.74, 6) is -1.36. The first-order chi connectivity index (χ1) is 11.8. The summed E-state index contributed by atoms with van der Waals surface area (Å²) in [6.45, 7) is 7.94. The molecule has 0 heterocycles. The third-order valence-electron chi connectivity index (χ3n) is 3.47. The van der Waals surface area contributed by atoms with Crippen LogP contribution in [0.3, 0.4) is 0 Å². The van der Waals surface area contributed by atoms with Crippen LogP contribution in [0.5, 0.6) is 0 Å². The first-order valence-electron chi connectivity index (χ1n) is 7.85. The lowest BCUT2D eigenvalue weighted by Gasteiger charge is -2.27. The summed E-state index contributed by atoms with van der Waals surface area (Å²) in [5, 5.41) is 43.1. The SMILES string of the molecule is CC(=O)OC(C#N)CC(C)(C)/[N+]([O-])=[N+](\[O-])C(C)(C)CC(C#N)OC(C)=O. The maximum atomic E-state index is 12.5. The van der Waals surface area contributed by atoms with Gasteiger partial charge in [0.05, 0.1) is 12.8 Å². The van der Waals surface area contributed by atoms with Crippen LogP contribution in [-0.2, 0) is 19.1 Å². The van der Waals surface area contributed by atoms with E-state index >= 15 is 0 Å². The van der Waals surface area contributed by atoms with Gasteiger partial charge in [-0.15, -0.1) is 0 Å². The molecule has 144 valence electrons. The van der Waals surface area contributed by atoms with Gasteiger partial charge in [0.1, 0.15) is 12.1 Å². The van der Waals surface area contributed by atoms with Gasteiger partial charge in [0.15, 0.2) is 12.2 Å². The van der Waals surface area contributed by atoms with Gasteiger partial charge in [-0.25, -0.2) is 0 Å². The number of hydroxylamine groups is 2. The van der Waals surface area contributed by atoms with Gasteiger partial charge in [0.25, 0.3) is 0 Å². The Morgan fingerprint density at radius 2 is 1.15 bits per heavy atom. The summed E-state index contributed by atoms with van der Waals surface area (Å²) in [6.07, 6.45) is -2.79. The lowest BCUT2D eigenvalue weighted by molar-refractivity contribution is -1.02. The number of nitrogens with zero attached hydrogens (tertiary/aromatic N) is 4. The smallest absolute Gasteiger partial charge is 0.303 e. The highest BCUT2D eigenvalue weighted by atomic mass is 16.6. The number of hydrogen-bond acceptors (Lipinski definition) is 8. The summed E-state index contributed by atoms with van der Waals surface area (Å²) < 4.78 is 9.58. The number of carbonyl (C=O) groups is 2. The molecule has 0 aromatic rings. The van der Waals surface area contributed by atoms with Gasteiger partial charge in [0, 0.05) is 51.3 Å². The molecule has 0 amide bonds. The van der Waals surface area contributed by atoms with Crippen molar-refractivity contribution < 1.29 is 28.8 Å². The minimum Gasteiger partial charge on any atom is -0.567 e. The largest absolute Gasteiger partial charge is 0.567 e. The Morgan fingerprint density at radius 3 is 1.35 bits per heavy atom. The number of esters is 2. The van der Waals surface area contributed by atoms with Gasteiger partial charge in [-0.3, -0.25) is 9.59 Å². The van der Waals surface area contributed by atoms with E-state index in [9.17, 15) is 20.0 Å². The second kappa shape index (κ2) is 8.99. The summed E-state index contributed by atoms with van der Waals surface area (Å²) in [4.78, 5) is 22.2. The van der Waals surface area contributed by atoms with Crippen LogP contribution >= 0.6 is 0 Å². The quantitative estimate of drug-likeness (QED) is 0.271. The molecule has 0 aliphatic rings. The molecule has 0 rings (SSSR count). The molecule has 0 aromatic heterocycles. The van der Waals surface area contributed by atoms with Gasteiger partial charge < -0.3 is 19.9 Å². The number of rotatable bonds is 8. The predicted molar refractivity (Wildman–Crippen MR) is 87.0 cm³/mol. The molecule has 0 radical (unpaired) electrons. The molecular weight excluding hydrogens is 344 g/mol. The summed E-state index contributed by atoms with van der Waals surface area (Å²) >= 11 is 0. The lowest BCUT2D eigenvalue weighted by Crippen LogP contribution is -2.48. The van der Waals surface area contributed by atoms with Crippen molar-refractivity contribution in [2.24, 2.45) is 0 Å². The molecular formula is C16H24N4O6. The highest BCUT2D eigenvalue weighted by Crippen LogP contribution is 2.23. The molecule has 26 heavy (non-hydrogen) atoms. The van der Waals surface area contributed by atoms with Gasteiger partial charge in [-0.1, -0.05) is 0 Å². The van der Waals surface area contributed by atoms with Crippen LogP contribution in [-0.4, -0.2) is 44.9 Å². The molecule has 2 atom stereocenters. The van der Waals surface area contributed by atoms with E-state index in [1.807, 2.05) is 0 Å². The van der Waals surface area contributed by atoms with Crippen LogP contribution in [0, 0.1) is 33.1 Å². The minimum absolute atomic E-state index is 0.128. The fourth-order valence-corrected chi connectivity index (χ4v) is 2.18. The molecule has 0 aromatic carbocycles. The molecule has 2 unspecified atom stereocenters. The number of hydrogen-bond donors (Lipinski definition) is 0. The zero-order valence-corrected chi connectivity index (χ0v) is 15.8. The van der Waals surface area contributed by atoms with Crippen LogP contribution in [0.2, 0.25) is 0 Å². The first kappa shape index (κ1) is 23.1. The summed E-state index contributed by atoms with van der Waals surface area (Å²) in [6, 6.07) is 3.51. The van der Waals surface area contributed by atoms with E-state index in [1.165, 1.54) is 27.7 Å². The maximum Gasteiger partial charge on any atom is 0.303 e. The fraction of sp³-hybridized carbons (Fsp3) is 0.750. The third-order valence-corrected chi connectivity index (χ3v) is 3.47. The molecule has 0 aliphatic heterocycles. The Balaban J connectivity index is 5.52. The van der Waals surface area contributed by atoms with Crippen molar-refractivity contribution in [3.63, 3.8) is 0 Å². The second-order valence-corrected chi connectivity index (χ2v) is 7.03. The normalized spacial score (nSPS) is 14.9. The number of carbonyl (C=O) groups excluding carboxylic acids is 2. The molecule has 0 N–H and O–H groups in total. The Bertz CT molecular complexity index is 601. The van der Waals surface area contributed by atoms with Crippen molar-refractivity contribution in [2.45, 2.75) is 77.7 Å². The summed E-state index contributed by atoms with van der Waals surface area (Å²) in [5.41, 5.74) is -2.75. The maximum absolute atomic E-state index is 12.5. The van der Waals surface area contributed by atoms with Crippen molar-refractivity contribution >= 4 is 11.9 Å². The Hall–Kier alpha value is -2.88. The average Bonchev–Trinajstić information content (AvgIpc) is 2.50. The van der Waals surface area contributed by atoms with Crippen LogP contribution in [0.1, 0.15) is 54.4 Å². The average molecular weight is 368 g/mol. The minimum atomic E-state index is -1.38. The van der Waals surface area contributed by atoms with Crippen molar-refractivity contribution in [1.29, 1.82) is 10.5 Å². The zero-order chi connectivity index (χ0) is 20.7. The molecule has 10 nitrogen and oxygen atoms in total. The van der Waals surface area contributed by atoms with Crippen molar-refractivity contribution in [3.8, 4) is 12.1 Å². The van der Waals surface area contributed by atoms with Gasteiger partial charge in [-0.05, 0) is 0 Å². The zero-order valence-electron chi connectivity index (χ0n) is 15.8. The molecule has 0 saturated carbocycles. The number of ether oxygens (including phenoxy) is 2. The Kier molecular flexibility index (Phi) is 8.00. The fourth-order valence-electron chi connectivity index (χ4n) is 2.18. The summed E-state index contributed by atoms with van der Waals surface area (Å²) in [7, 11) is 0.